The molecule has 0 fully saturated rings. The fraction of sp³-hybridized carbons (Fsp3) is 0.333. The highest BCUT2D eigenvalue weighted by Gasteiger charge is 2.09. The number of non-ortho nitro benzene ring substituents is 1. The first kappa shape index (κ1) is 9.67. The van der Waals surface area contributed by atoms with Crippen LogP contribution in [0.15, 0.2) is 24.3 Å². The zero-order valence-electron chi connectivity index (χ0n) is 7.30. The lowest BCUT2D eigenvalue weighted by atomic mass is 10.0. The number of nitro groups is 1. The largest absolute Gasteiger partial charge is 0.396 e. The lowest BCUT2D eigenvalue weighted by Crippen LogP contribution is -1.99. The van der Waals surface area contributed by atoms with Crippen molar-refractivity contribution in [3.8, 4) is 0 Å². The van der Waals surface area contributed by atoms with Gasteiger partial charge < -0.3 is 5.11 Å². The number of hydrogen-bond donors (Lipinski definition) is 1. The van der Waals surface area contributed by atoms with Gasteiger partial charge in [0.05, 0.1) is 4.92 Å². The number of aliphatic hydroxyl groups is 1. The molecule has 1 atom stereocenters. The summed E-state index contributed by atoms with van der Waals surface area (Å²) in [7, 11) is 0. The van der Waals surface area contributed by atoms with Gasteiger partial charge >= 0.3 is 0 Å². The van der Waals surface area contributed by atoms with Crippen molar-refractivity contribution in [2.24, 2.45) is 0 Å². The third-order valence-electron chi connectivity index (χ3n) is 1.92. The van der Waals surface area contributed by atoms with Crippen LogP contribution in [0.1, 0.15) is 18.4 Å². The van der Waals surface area contributed by atoms with Gasteiger partial charge in [-0.25, -0.2) is 0 Å². The predicted molar refractivity (Wildman–Crippen MR) is 48.6 cm³/mol. The Morgan fingerprint density at radius 2 is 2.31 bits per heavy atom. The van der Waals surface area contributed by atoms with E-state index in [2.05, 4.69) is 0 Å². The maximum Gasteiger partial charge on any atom is 0.269 e. The minimum atomic E-state index is -0.437. The van der Waals surface area contributed by atoms with Crippen molar-refractivity contribution in [1.29, 1.82) is 0 Å². The van der Waals surface area contributed by atoms with Crippen LogP contribution < -0.4 is 0 Å². The number of nitro benzene ring substituents is 1. The van der Waals surface area contributed by atoms with Gasteiger partial charge in [0.15, 0.2) is 0 Å². The molecule has 0 aromatic heterocycles. The molecule has 1 unspecified atom stereocenters. The van der Waals surface area contributed by atoms with Crippen LogP contribution >= 0.6 is 0 Å². The van der Waals surface area contributed by atoms with Crippen molar-refractivity contribution < 1.29 is 10.0 Å². The molecule has 0 aliphatic rings. The SMILES string of the molecule is CC(CO)c1cccc([N+](=O)[O-])c1. The molecule has 1 rings (SSSR count). The molecule has 1 aromatic carbocycles. The second-order valence-corrected chi connectivity index (χ2v) is 2.94. The van der Waals surface area contributed by atoms with Crippen LogP contribution in [-0.4, -0.2) is 16.6 Å². The summed E-state index contributed by atoms with van der Waals surface area (Å²) in [4.78, 5) is 9.97. The average molecular weight is 181 g/mol. The van der Waals surface area contributed by atoms with Crippen molar-refractivity contribution in [2.75, 3.05) is 6.61 Å². The smallest absolute Gasteiger partial charge is 0.269 e. The third kappa shape index (κ3) is 2.26. The molecule has 4 heteroatoms. The molecule has 1 N–H and O–H groups in total. The van der Waals surface area contributed by atoms with Gasteiger partial charge in [0.2, 0.25) is 0 Å². The zero-order valence-corrected chi connectivity index (χ0v) is 7.30. The predicted octanol–water partition coefficient (Wildman–Crippen LogP) is 1.69. The topological polar surface area (TPSA) is 63.4 Å². The number of rotatable bonds is 3. The fourth-order valence-corrected chi connectivity index (χ4v) is 1.05. The van der Waals surface area contributed by atoms with E-state index in [1.54, 1.807) is 12.1 Å². The van der Waals surface area contributed by atoms with Crippen molar-refractivity contribution in [3.63, 3.8) is 0 Å². The van der Waals surface area contributed by atoms with E-state index < -0.39 is 4.92 Å². The molecular formula is C9H11NO3. The van der Waals surface area contributed by atoms with Crippen LogP contribution in [0.3, 0.4) is 0 Å². The molecule has 0 saturated heterocycles. The lowest BCUT2D eigenvalue weighted by Gasteiger charge is -2.06. The van der Waals surface area contributed by atoms with Gasteiger partial charge in [-0.2, -0.15) is 0 Å². The Hall–Kier alpha value is -1.42. The van der Waals surface area contributed by atoms with Crippen molar-refractivity contribution in [2.45, 2.75) is 12.8 Å². The van der Waals surface area contributed by atoms with Crippen LogP contribution in [0.2, 0.25) is 0 Å². The van der Waals surface area contributed by atoms with Crippen molar-refractivity contribution in [1.82, 2.24) is 0 Å². The first-order valence-corrected chi connectivity index (χ1v) is 4.00. The van der Waals surface area contributed by atoms with Crippen LogP contribution in [0.25, 0.3) is 0 Å². The first-order chi connectivity index (χ1) is 6.15. The fourth-order valence-electron chi connectivity index (χ4n) is 1.05. The summed E-state index contributed by atoms with van der Waals surface area (Å²) in [6.07, 6.45) is 0. The standard InChI is InChI=1S/C9H11NO3/c1-7(6-11)8-3-2-4-9(5-8)10(12)13/h2-5,7,11H,6H2,1H3. The summed E-state index contributed by atoms with van der Waals surface area (Å²) in [5, 5.41) is 19.3. The Kier molecular flexibility index (Phi) is 2.97. The minimum Gasteiger partial charge on any atom is -0.396 e. The summed E-state index contributed by atoms with van der Waals surface area (Å²) < 4.78 is 0. The summed E-state index contributed by atoms with van der Waals surface area (Å²) in [5.41, 5.74) is 0.856. The second-order valence-electron chi connectivity index (χ2n) is 2.94. The summed E-state index contributed by atoms with van der Waals surface area (Å²) in [6.45, 7) is 1.82. The molecule has 1 aromatic rings. The minimum absolute atomic E-state index is 0.00116. The molecule has 0 saturated carbocycles. The summed E-state index contributed by atoms with van der Waals surface area (Å²) in [5.74, 6) is -0.0556. The van der Waals surface area contributed by atoms with E-state index in [0.29, 0.717) is 0 Å². The Bertz CT molecular complexity index is 311. The maximum absolute atomic E-state index is 10.4. The van der Waals surface area contributed by atoms with Gasteiger partial charge in [0.1, 0.15) is 0 Å². The molecule has 0 radical (unpaired) electrons. The highest BCUT2D eigenvalue weighted by molar-refractivity contribution is 5.35. The number of hydrogen-bond acceptors (Lipinski definition) is 3. The third-order valence-corrected chi connectivity index (χ3v) is 1.92. The monoisotopic (exact) mass is 181 g/mol. The molecule has 4 nitrogen and oxygen atoms in total. The van der Waals surface area contributed by atoms with E-state index in [1.807, 2.05) is 6.92 Å². The van der Waals surface area contributed by atoms with Gasteiger partial charge in [-0.3, -0.25) is 10.1 Å². The molecule has 0 spiro atoms. The van der Waals surface area contributed by atoms with E-state index in [0.717, 1.165) is 5.56 Å². The highest BCUT2D eigenvalue weighted by atomic mass is 16.6. The van der Waals surface area contributed by atoms with Crippen molar-refractivity contribution in [3.05, 3.63) is 39.9 Å². The van der Waals surface area contributed by atoms with E-state index in [-0.39, 0.29) is 18.2 Å². The molecular weight excluding hydrogens is 170 g/mol. The zero-order chi connectivity index (χ0) is 9.84. The average Bonchev–Trinajstić information content (AvgIpc) is 2.17. The van der Waals surface area contributed by atoms with E-state index >= 15 is 0 Å². The van der Waals surface area contributed by atoms with E-state index in [1.165, 1.54) is 12.1 Å². The molecule has 0 heterocycles. The van der Waals surface area contributed by atoms with Crippen LogP contribution in [0.4, 0.5) is 5.69 Å². The quantitative estimate of drug-likeness (QED) is 0.570. The molecule has 0 aliphatic carbocycles. The Labute approximate surface area is 76.0 Å². The Balaban J connectivity index is 2.98. The second kappa shape index (κ2) is 4.00. The van der Waals surface area contributed by atoms with Gasteiger partial charge in [0.25, 0.3) is 5.69 Å². The van der Waals surface area contributed by atoms with Gasteiger partial charge in [-0.15, -0.1) is 0 Å². The van der Waals surface area contributed by atoms with Crippen molar-refractivity contribution >= 4 is 5.69 Å². The Morgan fingerprint density at radius 3 is 2.85 bits per heavy atom. The van der Waals surface area contributed by atoms with Gasteiger partial charge in [-0.05, 0) is 5.56 Å². The molecule has 70 valence electrons. The molecule has 13 heavy (non-hydrogen) atoms. The molecule has 0 aliphatic heterocycles. The van der Waals surface area contributed by atoms with E-state index in [4.69, 9.17) is 5.11 Å². The lowest BCUT2D eigenvalue weighted by molar-refractivity contribution is -0.384. The maximum atomic E-state index is 10.4. The number of nitrogens with zero attached hydrogens (tertiary/aromatic N) is 1. The number of aliphatic hydroxyl groups excluding tert-OH is 1. The summed E-state index contributed by atoms with van der Waals surface area (Å²) in [6, 6.07) is 6.32. The van der Waals surface area contributed by atoms with Gasteiger partial charge in [-0.1, -0.05) is 19.1 Å². The van der Waals surface area contributed by atoms with E-state index in [9.17, 15) is 10.1 Å². The molecule has 0 bridgehead atoms. The number of benzene rings is 1. The van der Waals surface area contributed by atoms with Crippen LogP contribution in [0, 0.1) is 10.1 Å². The first-order valence-electron chi connectivity index (χ1n) is 4.00. The normalized spacial score (nSPS) is 12.5. The van der Waals surface area contributed by atoms with Gasteiger partial charge in [0, 0.05) is 24.7 Å². The van der Waals surface area contributed by atoms with Crippen LogP contribution in [-0.2, 0) is 0 Å². The van der Waals surface area contributed by atoms with Crippen LogP contribution in [0.5, 0.6) is 0 Å². The summed E-state index contributed by atoms with van der Waals surface area (Å²) >= 11 is 0. The highest BCUT2D eigenvalue weighted by Crippen LogP contribution is 2.19. The molecule has 0 amide bonds. The Morgan fingerprint density at radius 1 is 1.62 bits per heavy atom.